The molecule has 2 heterocycles. The van der Waals surface area contributed by atoms with E-state index < -0.39 is 53.0 Å². The first kappa shape index (κ1) is 39.1. The number of ether oxygens (including phenoxy) is 1. The molecular weight excluding hydrogens is 638 g/mol. The van der Waals surface area contributed by atoms with Gasteiger partial charge >= 0.3 is 0 Å². The summed E-state index contributed by atoms with van der Waals surface area (Å²) in [5.74, 6) is -0.930. The van der Waals surface area contributed by atoms with Crippen molar-refractivity contribution in [3.8, 4) is 5.75 Å². The van der Waals surface area contributed by atoms with E-state index >= 15 is 0 Å². The van der Waals surface area contributed by atoms with Crippen LogP contribution in [0.4, 0.5) is 0 Å². The molecule has 50 heavy (non-hydrogen) atoms. The van der Waals surface area contributed by atoms with Gasteiger partial charge in [-0.1, -0.05) is 58.5 Å². The van der Waals surface area contributed by atoms with Crippen LogP contribution in [-0.4, -0.2) is 81.8 Å². The average Bonchev–Trinajstić information content (AvgIpc) is 3.64. The van der Waals surface area contributed by atoms with Gasteiger partial charge in [-0.2, -0.15) is 0 Å². The first-order valence-corrected chi connectivity index (χ1v) is 18.4. The molecule has 1 saturated carbocycles. The van der Waals surface area contributed by atoms with Gasteiger partial charge in [-0.15, -0.1) is 0 Å². The standard InChI is InChI=1S/C38H59N5O7/c1-9-13-27(31(45)34(39)46)40-35(47)29-20-38(19-28(42-50-38)26-16-23(4)32(24(5)17-26)49-22(2)3)21-43(29)36(48)33(37(6,7)8)41-30(44)18-25-14-11-10-12-15-25/h16-17,22,25,27,29,31,33,45H,9-15,18-21H2,1-8H3,(H2,39,46)(H,40,47)(H,41,44)/t27-,29-,31?,33+,38+/m0/s1. The lowest BCUT2D eigenvalue weighted by Gasteiger charge is -2.36. The first-order valence-electron chi connectivity index (χ1n) is 18.4. The summed E-state index contributed by atoms with van der Waals surface area (Å²) in [6.45, 7) is 15.5. The summed E-state index contributed by atoms with van der Waals surface area (Å²) < 4.78 is 6.03. The zero-order chi connectivity index (χ0) is 37.0. The van der Waals surface area contributed by atoms with Gasteiger partial charge in [0.25, 0.3) is 0 Å². The number of likely N-dealkylation sites (tertiary alicyclic amines) is 1. The van der Waals surface area contributed by atoms with E-state index in [9.17, 15) is 24.3 Å². The Morgan fingerprint density at radius 3 is 2.30 bits per heavy atom. The number of primary amides is 1. The molecule has 1 spiro atoms. The number of carbonyl (C=O) groups is 4. The molecule has 3 aliphatic rings. The minimum absolute atomic E-state index is 0.0220. The van der Waals surface area contributed by atoms with E-state index in [0.29, 0.717) is 37.3 Å². The number of aliphatic hydroxyl groups excluding tert-OH is 1. The molecule has 5 N–H and O–H groups in total. The molecule has 1 aliphatic carbocycles. The van der Waals surface area contributed by atoms with Gasteiger partial charge in [0.05, 0.1) is 24.4 Å². The summed E-state index contributed by atoms with van der Waals surface area (Å²) in [6.07, 6.45) is 5.54. The highest BCUT2D eigenvalue weighted by atomic mass is 16.7. The second-order valence-electron chi connectivity index (χ2n) is 16.1. The Hall–Kier alpha value is -3.67. The normalized spacial score (nSPS) is 22.9. The lowest BCUT2D eigenvalue weighted by atomic mass is 9.84. The molecule has 12 nitrogen and oxygen atoms in total. The van der Waals surface area contributed by atoms with Crippen molar-refractivity contribution in [3.05, 3.63) is 28.8 Å². The summed E-state index contributed by atoms with van der Waals surface area (Å²) in [7, 11) is 0. The Balaban J connectivity index is 1.62. The molecule has 1 aromatic rings. The molecule has 4 rings (SSSR count). The number of amides is 4. The fraction of sp³-hybridized carbons (Fsp3) is 0.711. The predicted molar refractivity (Wildman–Crippen MR) is 191 cm³/mol. The van der Waals surface area contributed by atoms with Crippen LogP contribution in [0.2, 0.25) is 0 Å². The lowest BCUT2D eigenvalue weighted by molar-refractivity contribution is -0.145. The number of aryl methyl sites for hydroxylation is 2. The maximum Gasteiger partial charge on any atom is 0.248 e. The summed E-state index contributed by atoms with van der Waals surface area (Å²) >= 11 is 0. The maximum atomic E-state index is 14.6. The number of nitrogens with two attached hydrogens (primary N) is 1. The van der Waals surface area contributed by atoms with Gasteiger partial charge in [0.1, 0.15) is 17.8 Å². The van der Waals surface area contributed by atoms with Crippen molar-refractivity contribution in [1.29, 1.82) is 0 Å². The number of hydrogen-bond acceptors (Lipinski definition) is 8. The quantitative estimate of drug-likeness (QED) is 0.239. The van der Waals surface area contributed by atoms with Gasteiger partial charge in [-0.25, -0.2) is 0 Å². The van der Waals surface area contributed by atoms with Crippen LogP contribution >= 0.6 is 0 Å². The van der Waals surface area contributed by atoms with Crippen molar-refractivity contribution in [3.63, 3.8) is 0 Å². The second-order valence-corrected chi connectivity index (χ2v) is 16.1. The number of aliphatic hydroxyl groups is 1. The van der Waals surface area contributed by atoms with Crippen LogP contribution in [0, 0.1) is 25.2 Å². The molecule has 2 aliphatic heterocycles. The summed E-state index contributed by atoms with van der Waals surface area (Å²) in [5.41, 5.74) is 7.22. The van der Waals surface area contributed by atoms with Crippen LogP contribution in [0.25, 0.3) is 0 Å². The van der Waals surface area contributed by atoms with Crippen LogP contribution in [-0.2, 0) is 24.0 Å². The van der Waals surface area contributed by atoms with E-state index in [1.165, 1.54) is 11.3 Å². The maximum absolute atomic E-state index is 14.6. The van der Waals surface area contributed by atoms with E-state index in [-0.39, 0.29) is 25.0 Å². The van der Waals surface area contributed by atoms with E-state index in [1.54, 1.807) is 0 Å². The smallest absolute Gasteiger partial charge is 0.248 e. The number of benzene rings is 1. The number of hydrogen-bond donors (Lipinski definition) is 4. The van der Waals surface area contributed by atoms with Gasteiger partial charge < -0.3 is 35.9 Å². The van der Waals surface area contributed by atoms with E-state index in [1.807, 2.05) is 67.5 Å². The number of nitrogens with one attached hydrogen (secondary N) is 2. The minimum Gasteiger partial charge on any atom is -0.490 e. The molecule has 1 aromatic carbocycles. The molecule has 4 amide bonds. The highest BCUT2D eigenvalue weighted by molar-refractivity contribution is 6.03. The van der Waals surface area contributed by atoms with Crippen molar-refractivity contribution < 1.29 is 33.9 Å². The third-order valence-corrected chi connectivity index (χ3v) is 10.2. The zero-order valence-corrected chi connectivity index (χ0v) is 31.3. The van der Waals surface area contributed by atoms with Crippen molar-refractivity contribution in [2.75, 3.05) is 6.54 Å². The molecule has 1 saturated heterocycles. The Morgan fingerprint density at radius 2 is 1.74 bits per heavy atom. The number of rotatable bonds is 13. The third kappa shape index (κ3) is 9.35. The highest BCUT2D eigenvalue weighted by Gasteiger charge is 2.55. The molecule has 1 unspecified atom stereocenters. The van der Waals surface area contributed by atoms with Crippen molar-refractivity contribution in [2.24, 2.45) is 22.2 Å². The van der Waals surface area contributed by atoms with Crippen LogP contribution in [0.5, 0.6) is 5.75 Å². The average molecular weight is 698 g/mol. The third-order valence-electron chi connectivity index (χ3n) is 10.2. The Labute approximate surface area is 297 Å². The predicted octanol–water partition coefficient (Wildman–Crippen LogP) is 4.19. The molecule has 0 radical (unpaired) electrons. The van der Waals surface area contributed by atoms with Gasteiger partial charge in [-0.3, -0.25) is 19.2 Å². The SMILES string of the molecule is CCC[C@H](NC(=O)[C@@H]1C[C@]2(CC(c3cc(C)c(OC(C)C)c(C)c3)=NO2)CN1C(=O)[C@@H](NC(=O)CC1CCCCC1)C(C)(C)C)C(O)C(N)=O. The summed E-state index contributed by atoms with van der Waals surface area (Å²) in [5, 5.41) is 20.8. The Bertz CT molecular complexity index is 1420. The van der Waals surface area contributed by atoms with Gasteiger partial charge in [0.15, 0.2) is 11.7 Å². The highest BCUT2D eigenvalue weighted by Crippen LogP contribution is 2.41. The molecular formula is C38H59N5O7. The van der Waals surface area contributed by atoms with Crippen LogP contribution in [0.15, 0.2) is 17.3 Å². The number of oxime groups is 1. The Morgan fingerprint density at radius 1 is 1.10 bits per heavy atom. The summed E-state index contributed by atoms with van der Waals surface area (Å²) in [6, 6.07) is 1.16. The topological polar surface area (TPSA) is 173 Å². The monoisotopic (exact) mass is 697 g/mol. The lowest BCUT2D eigenvalue weighted by Crippen LogP contribution is -2.59. The molecule has 0 bridgehead atoms. The molecule has 278 valence electrons. The Kier molecular flexibility index (Phi) is 12.6. The van der Waals surface area contributed by atoms with Crippen LogP contribution < -0.4 is 21.1 Å². The molecule has 12 heteroatoms. The fourth-order valence-corrected chi connectivity index (χ4v) is 7.61. The zero-order valence-electron chi connectivity index (χ0n) is 31.3. The van der Waals surface area contributed by atoms with Crippen molar-refractivity contribution in [2.45, 2.75) is 156 Å². The minimum atomic E-state index is -1.59. The largest absolute Gasteiger partial charge is 0.490 e. The van der Waals surface area contributed by atoms with Crippen molar-refractivity contribution >= 4 is 29.3 Å². The van der Waals surface area contributed by atoms with Crippen LogP contribution in [0.3, 0.4) is 0 Å². The molecule has 5 atom stereocenters. The van der Waals surface area contributed by atoms with E-state index in [0.717, 1.165) is 48.1 Å². The van der Waals surface area contributed by atoms with E-state index in [4.69, 9.17) is 15.3 Å². The number of nitrogens with zero attached hydrogens (tertiary/aromatic N) is 2. The molecule has 2 fully saturated rings. The first-order chi connectivity index (χ1) is 23.4. The molecule has 0 aromatic heterocycles. The second kappa shape index (κ2) is 16.1. The van der Waals surface area contributed by atoms with Crippen molar-refractivity contribution in [1.82, 2.24) is 15.5 Å². The van der Waals surface area contributed by atoms with Crippen LogP contribution in [0.1, 0.15) is 122 Å². The van der Waals surface area contributed by atoms with Gasteiger partial charge in [0, 0.05) is 24.8 Å². The summed E-state index contributed by atoms with van der Waals surface area (Å²) in [4.78, 5) is 61.6. The number of carbonyl (C=O) groups excluding carboxylic acids is 4. The van der Waals surface area contributed by atoms with Gasteiger partial charge in [-0.05, 0) is 81.5 Å². The fourth-order valence-electron chi connectivity index (χ4n) is 7.61. The van der Waals surface area contributed by atoms with Gasteiger partial charge in [0.2, 0.25) is 23.6 Å². The van der Waals surface area contributed by atoms with E-state index in [2.05, 4.69) is 15.8 Å².